The van der Waals surface area contributed by atoms with Crippen LogP contribution in [0.15, 0.2) is 85.3 Å². The highest BCUT2D eigenvalue weighted by atomic mass is 35.5. The van der Waals surface area contributed by atoms with Crippen LogP contribution in [-0.4, -0.2) is 53.5 Å². The van der Waals surface area contributed by atoms with Crippen LogP contribution in [0.5, 0.6) is 0 Å². The summed E-state index contributed by atoms with van der Waals surface area (Å²) in [5, 5.41) is 13.0. The first-order valence-electron chi connectivity index (χ1n) is 13.9. The van der Waals surface area contributed by atoms with Crippen molar-refractivity contribution in [2.75, 3.05) is 12.3 Å². The molecule has 0 fully saturated rings. The Morgan fingerprint density at radius 1 is 1.00 bits per heavy atom. The van der Waals surface area contributed by atoms with E-state index in [4.69, 9.17) is 17.3 Å². The van der Waals surface area contributed by atoms with Crippen molar-refractivity contribution >= 4 is 51.7 Å². The van der Waals surface area contributed by atoms with Gasteiger partial charge in [0.1, 0.15) is 5.56 Å². The molecule has 11 nitrogen and oxygen atoms in total. The van der Waals surface area contributed by atoms with Crippen molar-refractivity contribution < 1.29 is 14.4 Å². The number of hydrogen-bond acceptors (Lipinski definition) is 7. The van der Waals surface area contributed by atoms with Gasteiger partial charge in [-0.1, -0.05) is 54.1 Å². The SMILES string of the molecule is CC(NC(=O)c1c(N)nn2cccnc12)c1cc(Cl)c2cnn(CCN3C(=O)c4ccccc4C3=O)c2c1-c1ccccc1. The molecule has 0 bridgehead atoms. The van der Waals surface area contributed by atoms with E-state index in [-0.39, 0.29) is 36.3 Å². The molecule has 1 aliphatic heterocycles. The minimum atomic E-state index is -0.530. The smallest absolute Gasteiger partial charge is 0.261 e. The highest BCUT2D eigenvalue weighted by Gasteiger charge is 2.35. The second-order valence-electron chi connectivity index (χ2n) is 10.5. The van der Waals surface area contributed by atoms with Crippen LogP contribution in [0.1, 0.15) is 49.6 Å². The zero-order valence-electron chi connectivity index (χ0n) is 23.4. The largest absolute Gasteiger partial charge is 0.381 e. The van der Waals surface area contributed by atoms with E-state index in [1.807, 2.05) is 43.3 Å². The van der Waals surface area contributed by atoms with Gasteiger partial charge in [0.05, 0.1) is 40.4 Å². The average Bonchev–Trinajstić information content (AvgIpc) is 3.68. The Hall–Kier alpha value is -5.55. The van der Waals surface area contributed by atoms with Crippen molar-refractivity contribution in [3.63, 3.8) is 0 Å². The molecule has 0 radical (unpaired) electrons. The number of hydrogen-bond donors (Lipinski definition) is 2. The van der Waals surface area contributed by atoms with Gasteiger partial charge >= 0.3 is 0 Å². The number of halogens is 1. The lowest BCUT2D eigenvalue weighted by Gasteiger charge is -2.21. The van der Waals surface area contributed by atoms with E-state index in [1.165, 1.54) is 9.42 Å². The van der Waals surface area contributed by atoms with Gasteiger partial charge in [0.2, 0.25) is 0 Å². The number of carbonyl (C=O) groups excluding carboxylic acids is 3. The number of nitrogens with two attached hydrogens (primary N) is 1. The number of carbonyl (C=O) groups is 3. The van der Waals surface area contributed by atoms with Crippen LogP contribution in [0.3, 0.4) is 0 Å². The molecule has 4 heterocycles. The van der Waals surface area contributed by atoms with Crippen LogP contribution in [0.4, 0.5) is 5.82 Å². The molecular weight excluding hydrogens is 580 g/mol. The molecule has 3 aromatic carbocycles. The molecular formula is C32H25ClN8O3. The average molecular weight is 605 g/mol. The molecule has 1 aliphatic rings. The number of fused-ring (bicyclic) bond motifs is 3. The molecule has 7 rings (SSSR count). The minimum absolute atomic E-state index is 0.0661. The zero-order chi connectivity index (χ0) is 30.5. The number of amides is 3. The summed E-state index contributed by atoms with van der Waals surface area (Å²) in [5.74, 6) is -1.03. The van der Waals surface area contributed by atoms with Gasteiger partial charge in [0.15, 0.2) is 11.5 Å². The van der Waals surface area contributed by atoms with Crippen molar-refractivity contribution in [3.05, 3.63) is 113 Å². The van der Waals surface area contributed by atoms with Crippen LogP contribution in [0, 0.1) is 0 Å². The molecule has 3 N–H and O–H groups in total. The summed E-state index contributed by atoms with van der Waals surface area (Å²) in [5.41, 5.74) is 10.6. The number of nitrogen functional groups attached to an aromatic ring is 1. The molecule has 0 aliphatic carbocycles. The third kappa shape index (κ3) is 4.36. The summed E-state index contributed by atoms with van der Waals surface area (Å²) in [6, 6.07) is 19.5. The van der Waals surface area contributed by atoms with Crippen LogP contribution in [-0.2, 0) is 6.54 Å². The van der Waals surface area contributed by atoms with Gasteiger partial charge in [-0.05, 0) is 42.3 Å². The lowest BCUT2D eigenvalue weighted by Crippen LogP contribution is -2.33. The van der Waals surface area contributed by atoms with Gasteiger partial charge in [-0.3, -0.25) is 24.0 Å². The molecule has 1 unspecified atom stereocenters. The number of nitrogens with one attached hydrogen (secondary N) is 1. The Morgan fingerprint density at radius 3 is 2.43 bits per heavy atom. The van der Waals surface area contributed by atoms with Gasteiger partial charge < -0.3 is 11.1 Å². The maximum atomic E-state index is 13.5. The van der Waals surface area contributed by atoms with Gasteiger partial charge in [0, 0.05) is 29.9 Å². The summed E-state index contributed by atoms with van der Waals surface area (Å²) < 4.78 is 3.21. The summed E-state index contributed by atoms with van der Waals surface area (Å²) >= 11 is 6.82. The van der Waals surface area contributed by atoms with E-state index in [1.54, 1.807) is 53.6 Å². The lowest BCUT2D eigenvalue weighted by atomic mass is 9.93. The Labute approximate surface area is 255 Å². The van der Waals surface area contributed by atoms with E-state index in [2.05, 4.69) is 20.5 Å². The Bertz CT molecular complexity index is 2090. The van der Waals surface area contributed by atoms with Gasteiger partial charge in [0.25, 0.3) is 17.7 Å². The molecule has 0 spiro atoms. The van der Waals surface area contributed by atoms with Gasteiger partial charge in [-0.25, -0.2) is 9.50 Å². The van der Waals surface area contributed by atoms with Crippen LogP contribution < -0.4 is 11.1 Å². The predicted molar refractivity (Wildman–Crippen MR) is 165 cm³/mol. The third-order valence-corrected chi connectivity index (χ3v) is 8.16. The molecule has 12 heteroatoms. The predicted octanol–water partition coefficient (Wildman–Crippen LogP) is 4.77. The van der Waals surface area contributed by atoms with Crippen LogP contribution in [0.2, 0.25) is 5.02 Å². The number of imide groups is 1. The van der Waals surface area contributed by atoms with Crippen molar-refractivity contribution in [3.8, 4) is 11.1 Å². The lowest BCUT2D eigenvalue weighted by molar-refractivity contribution is 0.0647. The van der Waals surface area contributed by atoms with Crippen molar-refractivity contribution in [2.24, 2.45) is 0 Å². The van der Waals surface area contributed by atoms with Gasteiger partial charge in [-0.2, -0.15) is 5.10 Å². The molecule has 3 amide bonds. The van der Waals surface area contributed by atoms with Crippen LogP contribution in [0.25, 0.3) is 27.7 Å². The number of anilines is 1. The summed E-state index contributed by atoms with van der Waals surface area (Å²) in [7, 11) is 0. The second kappa shape index (κ2) is 10.6. The quantitative estimate of drug-likeness (QED) is 0.250. The first-order chi connectivity index (χ1) is 21.3. The van der Waals surface area contributed by atoms with E-state index < -0.39 is 11.9 Å². The number of aromatic nitrogens is 5. The third-order valence-electron chi connectivity index (χ3n) is 7.84. The van der Waals surface area contributed by atoms with E-state index in [0.29, 0.717) is 32.7 Å². The molecule has 3 aromatic heterocycles. The van der Waals surface area contributed by atoms with Crippen molar-refractivity contribution in [2.45, 2.75) is 19.5 Å². The topological polar surface area (TPSA) is 141 Å². The van der Waals surface area contributed by atoms with Crippen molar-refractivity contribution in [1.82, 2.24) is 34.6 Å². The minimum Gasteiger partial charge on any atom is -0.381 e. The molecule has 0 saturated carbocycles. The fourth-order valence-corrected chi connectivity index (χ4v) is 6.03. The number of nitrogens with zero attached hydrogens (tertiary/aromatic N) is 6. The molecule has 0 saturated heterocycles. The van der Waals surface area contributed by atoms with E-state index in [9.17, 15) is 14.4 Å². The van der Waals surface area contributed by atoms with Crippen LogP contribution >= 0.6 is 11.6 Å². The monoisotopic (exact) mass is 604 g/mol. The number of rotatable bonds is 7. The molecule has 218 valence electrons. The Morgan fingerprint density at radius 2 is 1.70 bits per heavy atom. The fourth-order valence-electron chi connectivity index (χ4n) is 5.77. The summed E-state index contributed by atoms with van der Waals surface area (Å²) in [4.78, 5) is 45.1. The Balaban J connectivity index is 1.28. The molecule has 44 heavy (non-hydrogen) atoms. The highest BCUT2D eigenvalue weighted by molar-refractivity contribution is 6.36. The summed E-state index contributed by atoms with van der Waals surface area (Å²) in [6.45, 7) is 2.21. The van der Waals surface area contributed by atoms with Gasteiger partial charge in [-0.15, -0.1) is 5.10 Å². The number of benzene rings is 3. The first kappa shape index (κ1) is 27.3. The summed E-state index contributed by atoms with van der Waals surface area (Å²) in [6.07, 6.45) is 4.91. The standard InChI is InChI=1S/C32H25ClN8O3/c1-18(37-30(42)26-28(34)38-41-13-7-12-35-29(26)41)22-16-24(33)23-17-36-40(27(23)25(22)19-8-3-2-4-9-19)15-14-39-31(43)20-10-5-6-11-21(20)32(39)44/h2-13,16-18H,14-15H2,1H3,(H2,34,38)(H,37,42). The van der Waals surface area contributed by atoms with E-state index >= 15 is 0 Å². The normalized spacial score (nSPS) is 13.5. The Kier molecular flexibility index (Phi) is 6.59. The maximum Gasteiger partial charge on any atom is 0.261 e. The highest BCUT2D eigenvalue weighted by Crippen LogP contribution is 2.39. The molecule has 1 atom stereocenters. The fraction of sp³-hybridized carbons (Fsp3) is 0.125. The van der Waals surface area contributed by atoms with Crippen molar-refractivity contribution in [1.29, 1.82) is 0 Å². The molecule has 6 aromatic rings. The second-order valence-corrected chi connectivity index (χ2v) is 10.9. The van der Waals surface area contributed by atoms with E-state index in [0.717, 1.165) is 16.7 Å². The first-order valence-corrected chi connectivity index (χ1v) is 14.3. The maximum absolute atomic E-state index is 13.5. The zero-order valence-corrected chi connectivity index (χ0v) is 24.2.